The molecule has 4 heteroatoms. The van der Waals surface area contributed by atoms with Crippen LogP contribution in [0.25, 0.3) is 5.70 Å². The molecule has 0 heterocycles. The van der Waals surface area contributed by atoms with Crippen LogP contribution in [0.3, 0.4) is 0 Å². The molecular formula is C19H23N3S. The topological polar surface area (TPSA) is 64.4 Å². The van der Waals surface area contributed by atoms with E-state index in [-0.39, 0.29) is 0 Å². The van der Waals surface area contributed by atoms with Gasteiger partial charge in [-0.25, -0.2) is 0 Å². The molecule has 0 atom stereocenters. The summed E-state index contributed by atoms with van der Waals surface area (Å²) >= 11 is 4.27. The van der Waals surface area contributed by atoms with Gasteiger partial charge in [-0.1, -0.05) is 29.8 Å². The largest absolute Gasteiger partial charge is 0.398 e. The Hall–Kier alpha value is -2.20. The van der Waals surface area contributed by atoms with Crippen LogP contribution in [-0.2, 0) is 6.42 Å². The summed E-state index contributed by atoms with van der Waals surface area (Å²) in [4.78, 5) is 5.34. The average Bonchev–Trinajstić information content (AvgIpc) is 2.51. The molecule has 0 saturated carbocycles. The molecule has 0 unspecified atom stereocenters. The van der Waals surface area contributed by atoms with Crippen molar-refractivity contribution in [3.63, 3.8) is 0 Å². The maximum atomic E-state index is 6.16. The molecule has 2 rings (SSSR count). The fourth-order valence-electron chi connectivity index (χ4n) is 2.31. The van der Waals surface area contributed by atoms with E-state index in [1.54, 1.807) is 6.08 Å². The molecule has 0 saturated heterocycles. The van der Waals surface area contributed by atoms with E-state index in [9.17, 15) is 0 Å². The lowest BCUT2D eigenvalue weighted by Gasteiger charge is -2.07. The monoisotopic (exact) mass is 325 g/mol. The number of rotatable bonds is 5. The number of aryl methyl sites for hydroxylation is 2. The highest BCUT2D eigenvalue weighted by Crippen LogP contribution is 2.16. The van der Waals surface area contributed by atoms with E-state index in [1.807, 2.05) is 38.1 Å². The third-order valence-corrected chi connectivity index (χ3v) is 3.94. The van der Waals surface area contributed by atoms with Crippen LogP contribution in [0.2, 0.25) is 0 Å². The van der Waals surface area contributed by atoms with Crippen molar-refractivity contribution in [2.75, 3.05) is 6.54 Å². The summed E-state index contributed by atoms with van der Waals surface area (Å²) in [5.74, 6) is 0.453. The van der Waals surface area contributed by atoms with Gasteiger partial charge in [-0.2, -0.15) is 0 Å². The fraction of sp³-hybridized carbons (Fsp3) is 0.211. The van der Waals surface area contributed by atoms with Crippen LogP contribution in [0.4, 0.5) is 0 Å². The number of hydrogen-bond donors (Lipinski definition) is 3. The first kappa shape index (κ1) is 17.2. The van der Waals surface area contributed by atoms with Gasteiger partial charge in [0.25, 0.3) is 0 Å². The molecule has 0 fully saturated rings. The molecule has 0 aliphatic carbocycles. The maximum Gasteiger partial charge on any atom is 0.120 e. The number of aliphatic imine (C=N–C) groups is 1. The predicted molar refractivity (Wildman–Crippen MR) is 102 cm³/mol. The van der Waals surface area contributed by atoms with Crippen molar-refractivity contribution < 1.29 is 0 Å². The standard InChI is InChI=1S/C19H23N3S/c1-13-3-4-14(2)17(11-13)18(20)12-19(21)22-10-9-15-5-7-16(23)8-6-15/h3-8,11-12,23H,9-10,20H2,1-2H3,(H2,21,22)/b18-12-. The van der Waals surface area contributed by atoms with E-state index in [2.05, 4.69) is 35.8 Å². The van der Waals surface area contributed by atoms with Crippen molar-refractivity contribution in [1.82, 2.24) is 0 Å². The smallest absolute Gasteiger partial charge is 0.120 e. The minimum Gasteiger partial charge on any atom is -0.398 e. The van der Waals surface area contributed by atoms with E-state index in [4.69, 9.17) is 11.5 Å². The third kappa shape index (κ3) is 5.18. The summed E-state index contributed by atoms with van der Waals surface area (Å²) in [5.41, 5.74) is 17.3. The Morgan fingerprint density at radius 1 is 1.09 bits per heavy atom. The lowest BCUT2D eigenvalue weighted by atomic mass is 10.0. The van der Waals surface area contributed by atoms with E-state index < -0.39 is 0 Å². The first-order valence-electron chi connectivity index (χ1n) is 7.58. The summed E-state index contributed by atoms with van der Waals surface area (Å²) in [6, 6.07) is 14.2. The number of amidine groups is 1. The van der Waals surface area contributed by atoms with Crippen LogP contribution < -0.4 is 11.5 Å². The van der Waals surface area contributed by atoms with Gasteiger partial charge in [0.1, 0.15) is 5.84 Å². The van der Waals surface area contributed by atoms with E-state index >= 15 is 0 Å². The van der Waals surface area contributed by atoms with E-state index in [0.717, 1.165) is 22.4 Å². The zero-order chi connectivity index (χ0) is 16.8. The van der Waals surface area contributed by atoms with Gasteiger partial charge in [-0.15, -0.1) is 12.6 Å². The molecular weight excluding hydrogens is 302 g/mol. The fourth-order valence-corrected chi connectivity index (χ4v) is 2.46. The van der Waals surface area contributed by atoms with Crippen molar-refractivity contribution in [3.05, 3.63) is 70.8 Å². The Balaban J connectivity index is 2.02. The van der Waals surface area contributed by atoms with Crippen molar-refractivity contribution in [2.24, 2.45) is 16.5 Å². The lowest BCUT2D eigenvalue weighted by molar-refractivity contribution is 0.965. The molecule has 0 bridgehead atoms. The zero-order valence-corrected chi connectivity index (χ0v) is 14.5. The van der Waals surface area contributed by atoms with Gasteiger partial charge < -0.3 is 11.5 Å². The van der Waals surface area contributed by atoms with Crippen LogP contribution in [0.5, 0.6) is 0 Å². The number of benzene rings is 2. The average molecular weight is 325 g/mol. The molecule has 0 aromatic heterocycles. The minimum absolute atomic E-state index is 0.453. The number of thiol groups is 1. The number of nitrogens with two attached hydrogens (primary N) is 2. The van der Waals surface area contributed by atoms with Gasteiger partial charge in [0.15, 0.2) is 0 Å². The predicted octanol–water partition coefficient (Wildman–Crippen LogP) is 3.49. The van der Waals surface area contributed by atoms with E-state index in [1.165, 1.54) is 11.1 Å². The van der Waals surface area contributed by atoms with Crippen LogP contribution in [0.1, 0.15) is 22.3 Å². The molecule has 23 heavy (non-hydrogen) atoms. The minimum atomic E-state index is 0.453. The van der Waals surface area contributed by atoms with Crippen molar-refractivity contribution in [2.45, 2.75) is 25.2 Å². The first-order valence-corrected chi connectivity index (χ1v) is 8.03. The normalized spacial score (nSPS) is 12.5. The second-order valence-electron chi connectivity index (χ2n) is 5.64. The summed E-state index contributed by atoms with van der Waals surface area (Å²) in [5, 5.41) is 0. The summed E-state index contributed by atoms with van der Waals surface area (Å²) in [6.45, 7) is 4.71. The number of hydrogen-bond acceptors (Lipinski definition) is 3. The Bertz CT molecular complexity index is 731. The van der Waals surface area contributed by atoms with Crippen molar-refractivity contribution in [1.29, 1.82) is 0 Å². The Labute approximate surface area is 143 Å². The van der Waals surface area contributed by atoms with Gasteiger partial charge in [0.2, 0.25) is 0 Å². The second kappa shape index (κ2) is 7.88. The van der Waals surface area contributed by atoms with Gasteiger partial charge in [-0.3, -0.25) is 4.99 Å². The molecule has 3 nitrogen and oxygen atoms in total. The van der Waals surface area contributed by atoms with Gasteiger partial charge in [-0.05, 0) is 49.6 Å². The quantitative estimate of drug-likeness (QED) is 0.447. The molecule has 0 amide bonds. The molecule has 0 radical (unpaired) electrons. The third-order valence-electron chi connectivity index (χ3n) is 3.64. The highest BCUT2D eigenvalue weighted by atomic mass is 32.1. The second-order valence-corrected chi connectivity index (χ2v) is 6.16. The molecule has 2 aromatic rings. The summed E-state index contributed by atoms with van der Waals surface area (Å²) in [6.07, 6.45) is 2.57. The zero-order valence-electron chi connectivity index (χ0n) is 13.6. The van der Waals surface area contributed by atoms with Crippen LogP contribution in [-0.4, -0.2) is 12.4 Å². The SMILES string of the molecule is Cc1ccc(C)c(/C(N)=C/C(N)=NCCc2ccc(S)cc2)c1. The first-order chi connectivity index (χ1) is 11.0. The van der Waals surface area contributed by atoms with Crippen LogP contribution >= 0.6 is 12.6 Å². The van der Waals surface area contributed by atoms with Gasteiger partial charge in [0.05, 0.1) is 0 Å². The summed E-state index contributed by atoms with van der Waals surface area (Å²) in [7, 11) is 0. The Morgan fingerprint density at radius 3 is 2.48 bits per heavy atom. The van der Waals surface area contributed by atoms with Crippen LogP contribution in [0, 0.1) is 13.8 Å². The number of nitrogens with zero attached hydrogens (tertiary/aromatic N) is 1. The molecule has 0 spiro atoms. The van der Waals surface area contributed by atoms with Crippen molar-refractivity contribution >= 4 is 24.2 Å². The highest BCUT2D eigenvalue weighted by molar-refractivity contribution is 7.80. The maximum absolute atomic E-state index is 6.16. The Kier molecular flexibility index (Phi) is 5.88. The molecule has 120 valence electrons. The summed E-state index contributed by atoms with van der Waals surface area (Å²) < 4.78 is 0. The lowest BCUT2D eigenvalue weighted by Crippen LogP contribution is -2.13. The highest BCUT2D eigenvalue weighted by Gasteiger charge is 2.02. The van der Waals surface area contributed by atoms with Gasteiger partial charge >= 0.3 is 0 Å². The molecule has 0 aliphatic heterocycles. The Morgan fingerprint density at radius 2 is 1.78 bits per heavy atom. The molecule has 0 aliphatic rings. The van der Waals surface area contributed by atoms with E-state index in [0.29, 0.717) is 18.1 Å². The molecule has 4 N–H and O–H groups in total. The van der Waals surface area contributed by atoms with Gasteiger partial charge in [0, 0.05) is 28.8 Å². The van der Waals surface area contributed by atoms with Crippen molar-refractivity contribution in [3.8, 4) is 0 Å². The van der Waals surface area contributed by atoms with Crippen LogP contribution in [0.15, 0.2) is 58.4 Å². The molecule has 2 aromatic carbocycles.